The maximum atomic E-state index is 13.0. The maximum Gasteiger partial charge on any atom is 0.155 e. The number of hydrogen-bond donors (Lipinski definition) is 0. The molecule has 0 aromatic carbocycles. The van der Waals surface area contributed by atoms with Crippen molar-refractivity contribution < 1.29 is 4.79 Å². The van der Waals surface area contributed by atoms with Crippen LogP contribution in [0.1, 0.15) is 43.4 Å². The zero-order valence-electron chi connectivity index (χ0n) is 11.9. The molecule has 1 fully saturated rings. The molecule has 3 atom stereocenters. The second-order valence-electron chi connectivity index (χ2n) is 5.50. The molecule has 4 heteroatoms. The Morgan fingerprint density at radius 1 is 1.40 bits per heavy atom. The highest BCUT2D eigenvalue weighted by Gasteiger charge is 2.37. The number of rotatable bonds is 3. The number of carbonyl (C=O) groups is 1. The quantitative estimate of drug-likeness (QED) is 0.852. The van der Waals surface area contributed by atoms with Gasteiger partial charge in [0, 0.05) is 23.0 Å². The average molecular weight is 307 g/mol. The van der Waals surface area contributed by atoms with E-state index < -0.39 is 0 Å². The molecule has 0 bridgehead atoms. The van der Waals surface area contributed by atoms with Gasteiger partial charge in [0.1, 0.15) is 0 Å². The van der Waals surface area contributed by atoms with Crippen molar-refractivity contribution in [2.45, 2.75) is 49.0 Å². The first kappa shape index (κ1) is 14.5. The molecule has 1 aromatic rings. The Morgan fingerprint density at radius 3 is 3.10 bits per heavy atom. The summed E-state index contributed by atoms with van der Waals surface area (Å²) >= 11 is 3.86. The van der Waals surface area contributed by atoms with Crippen LogP contribution >= 0.6 is 23.5 Å². The highest BCUT2D eigenvalue weighted by Crippen LogP contribution is 2.39. The number of aromatic nitrogens is 1. The predicted molar refractivity (Wildman–Crippen MR) is 87.7 cm³/mol. The molecule has 3 rings (SSSR count). The van der Waals surface area contributed by atoms with Crippen LogP contribution in [-0.4, -0.2) is 32.8 Å². The topological polar surface area (TPSA) is 30.0 Å². The van der Waals surface area contributed by atoms with Crippen LogP contribution < -0.4 is 0 Å². The molecule has 20 heavy (non-hydrogen) atoms. The van der Waals surface area contributed by atoms with Gasteiger partial charge in [0.05, 0.1) is 16.9 Å². The van der Waals surface area contributed by atoms with Crippen molar-refractivity contribution in [3.05, 3.63) is 29.6 Å². The van der Waals surface area contributed by atoms with E-state index in [1.165, 1.54) is 11.3 Å². The molecule has 0 N–H and O–H groups in total. The molecule has 0 radical (unpaired) electrons. The third-order valence-corrected chi connectivity index (χ3v) is 7.54. The van der Waals surface area contributed by atoms with Gasteiger partial charge >= 0.3 is 0 Å². The number of fused-ring (bicyclic) bond motifs is 1. The van der Waals surface area contributed by atoms with Gasteiger partial charge in [-0.25, -0.2) is 0 Å². The molecule has 2 nitrogen and oxygen atoms in total. The third kappa shape index (κ3) is 2.77. The van der Waals surface area contributed by atoms with Gasteiger partial charge < -0.3 is 0 Å². The van der Waals surface area contributed by atoms with E-state index in [9.17, 15) is 4.79 Å². The first-order valence-corrected chi connectivity index (χ1v) is 9.61. The fraction of sp³-hybridized carbons (Fsp3) is 0.625. The van der Waals surface area contributed by atoms with Crippen molar-refractivity contribution in [2.24, 2.45) is 0 Å². The van der Waals surface area contributed by atoms with Gasteiger partial charge in [0.2, 0.25) is 0 Å². The fourth-order valence-electron chi connectivity index (χ4n) is 3.25. The summed E-state index contributed by atoms with van der Waals surface area (Å²) in [5, 5.41) is 0.673. The number of nitrogens with zero attached hydrogens (tertiary/aromatic N) is 1. The third-order valence-electron chi connectivity index (χ3n) is 4.27. The second-order valence-corrected chi connectivity index (χ2v) is 8.10. The minimum Gasteiger partial charge on any atom is -0.298 e. The fourth-order valence-corrected chi connectivity index (χ4v) is 6.33. The molecule has 0 saturated carbocycles. The lowest BCUT2D eigenvalue weighted by Crippen LogP contribution is -2.37. The number of carbonyl (C=O) groups excluding carboxylic acids is 1. The van der Waals surface area contributed by atoms with E-state index in [2.05, 4.69) is 18.0 Å². The number of Topliss-reactive ketones (excluding diaryl/α,β-unsaturated/α-hetero) is 1. The molecule has 3 unspecified atom stereocenters. The van der Waals surface area contributed by atoms with E-state index in [4.69, 9.17) is 0 Å². The summed E-state index contributed by atoms with van der Waals surface area (Å²) in [5.74, 6) is 2.78. The number of pyridine rings is 1. The molecule has 1 aliphatic carbocycles. The molecule has 108 valence electrons. The average Bonchev–Trinajstić information content (AvgIpc) is 2.53. The van der Waals surface area contributed by atoms with Crippen LogP contribution in [0.2, 0.25) is 0 Å². The molecule has 2 aliphatic rings. The first-order chi connectivity index (χ1) is 9.81. The van der Waals surface area contributed by atoms with Crippen LogP contribution in [-0.2, 0) is 11.2 Å². The van der Waals surface area contributed by atoms with Crippen molar-refractivity contribution >= 4 is 29.3 Å². The molecule has 1 aliphatic heterocycles. The smallest absolute Gasteiger partial charge is 0.155 e. The highest BCUT2D eigenvalue weighted by molar-refractivity contribution is 8.07. The Balaban J connectivity index is 1.84. The number of thioether (sulfide) groups is 2. The zero-order chi connectivity index (χ0) is 13.9. The van der Waals surface area contributed by atoms with Crippen LogP contribution in [0.4, 0.5) is 0 Å². The number of ketones is 1. The Labute approximate surface area is 129 Å². The van der Waals surface area contributed by atoms with E-state index in [1.807, 2.05) is 35.8 Å². The predicted octanol–water partition coefficient (Wildman–Crippen LogP) is 3.70. The molecular weight excluding hydrogens is 286 g/mol. The van der Waals surface area contributed by atoms with Crippen molar-refractivity contribution in [1.82, 2.24) is 4.98 Å². The largest absolute Gasteiger partial charge is 0.298 e. The van der Waals surface area contributed by atoms with Gasteiger partial charge in [-0.1, -0.05) is 13.0 Å². The van der Waals surface area contributed by atoms with E-state index in [0.29, 0.717) is 11.0 Å². The lowest BCUT2D eigenvalue weighted by molar-refractivity contribution is -0.120. The van der Waals surface area contributed by atoms with Crippen molar-refractivity contribution in [2.75, 3.05) is 11.5 Å². The molecule has 1 aromatic heterocycles. The minimum absolute atomic E-state index is 0.0465. The summed E-state index contributed by atoms with van der Waals surface area (Å²) in [6, 6.07) is 4.13. The summed E-state index contributed by atoms with van der Waals surface area (Å²) in [6.45, 7) is 2.21. The monoisotopic (exact) mass is 307 g/mol. The second kappa shape index (κ2) is 6.52. The van der Waals surface area contributed by atoms with Gasteiger partial charge in [-0.2, -0.15) is 11.8 Å². The first-order valence-electron chi connectivity index (χ1n) is 7.52. The summed E-state index contributed by atoms with van der Waals surface area (Å²) in [7, 11) is 0. The summed E-state index contributed by atoms with van der Waals surface area (Å²) in [6.07, 6.45) is 6.12. The zero-order valence-corrected chi connectivity index (χ0v) is 13.5. The minimum atomic E-state index is 0.0465. The SMILES string of the molecule is CCC1SCCSC1C(=O)C1CCCc2cccnc21. The van der Waals surface area contributed by atoms with Gasteiger partial charge in [-0.05, 0) is 37.3 Å². The van der Waals surface area contributed by atoms with Crippen molar-refractivity contribution in [3.8, 4) is 0 Å². The van der Waals surface area contributed by atoms with E-state index in [0.717, 1.165) is 37.1 Å². The Hall–Kier alpha value is -0.480. The maximum absolute atomic E-state index is 13.0. The molecule has 2 heterocycles. The van der Waals surface area contributed by atoms with Gasteiger partial charge in [-0.15, -0.1) is 11.8 Å². The Bertz CT molecular complexity index is 491. The lowest BCUT2D eigenvalue weighted by atomic mass is 9.82. The van der Waals surface area contributed by atoms with Crippen molar-refractivity contribution in [3.63, 3.8) is 0 Å². The Morgan fingerprint density at radius 2 is 2.25 bits per heavy atom. The van der Waals surface area contributed by atoms with Crippen LogP contribution in [0.5, 0.6) is 0 Å². The Kier molecular flexibility index (Phi) is 4.72. The summed E-state index contributed by atoms with van der Waals surface area (Å²) in [4.78, 5) is 17.5. The van der Waals surface area contributed by atoms with Crippen LogP contribution in [0, 0.1) is 0 Å². The standard InChI is InChI=1S/C16H21NOS2/c1-2-13-16(20-10-9-19-13)15(18)12-7-3-5-11-6-4-8-17-14(11)12/h4,6,8,12-13,16H,2-3,5,7,9-10H2,1H3. The normalized spacial score (nSPS) is 29.8. The lowest BCUT2D eigenvalue weighted by Gasteiger charge is -2.33. The van der Waals surface area contributed by atoms with Gasteiger partial charge in [0.15, 0.2) is 5.78 Å². The van der Waals surface area contributed by atoms with Gasteiger partial charge in [0.25, 0.3) is 0 Å². The molecule has 1 saturated heterocycles. The number of hydrogen-bond acceptors (Lipinski definition) is 4. The van der Waals surface area contributed by atoms with E-state index in [-0.39, 0.29) is 11.2 Å². The van der Waals surface area contributed by atoms with Crippen LogP contribution in [0.25, 0.3) is 0 Å². The summed E-state index contributed by atoms with van der Waals surface area (Å²) in [5.41, 5.74) is 2.35. The van der Waals surface area contributed by atoms with Crippen molar-refractivity contribution in [1.29, 1.82) is 0 Å². The van der Waals surface area contributed by atoms with E-state index in [1.54, 1.807) is 0 Å². The van der Waals surface area contributed by atoms with Crippen LogP contribution in [0.3, 0.4) is 0 Å². The van der Waals surface area contributed by atoms with Gasteiger partial charge in [-0.3, -0.25) is 9.78 Å². The number of aryl methyl sites for hydroxylation is 1. The van der Waals surface area contributed by atoms with Crippen LogP contribution in [0.15, 0.2) is 18.3 Å². The molecule has 0 spiro atoms. The highest BCUT2D eigenvalue weighted by atomic mass is 32.2. The summed E-state index contributed by atoms with van der Waals surface area (Å²) < 4.78 is 0. The van der Waals surface area contributed by atoms with E-state index >= 15 is 0 Å². The molecule has 0 amide bonds. The molecular formula is C16H21NOS2.